The molecule has 1 N–H and O–H groups in total. The molecule has 5 nitrogen and oxygen atoms in total. The zero-order valence-electron chi connectivity index (χ0n) is 12.4. The number of hydrogen-bond donors (Lipinski definition) is 1. The molecule has 1 saturated heterocycles. The second kappa shape index (κ2) is 5.77. The van der Waals surface area contributed by atoms with Crippen LogP contribution in [0.5, 0.6) is 11.5 Å². The van der Waals surface area contributed by atoms with Crippen molar-refractivity contribution >= 4 is 16.6 Å². The fourth-order valence-corrected chi connectivity index (χ4v) is 2.88. The van der Waals surface area contributed by atoms with Crippen molar-refractivity contribution in [1.29, 1.82) is 0 Å². The number of piperidine rings is 1. The van der Waals surface area contributed by atoms with Gasteiger partial charge in [0.25, 0.3) is 0 Å². The van der Waals surface area contributed by atoms with E-state index in [9.17, 15) is 5.11 Å². The third kappa shape index (κ3) is 2.61. The summed E-state index contributed by atoms with van der Waals surface area (Å²) < 4.78 is 10.7. The Balaban J connectivity index is 2.10. The molecule has 2 heterocycles. The number of hydrogen-bond acceptors (Lipinski definition) is 5. The Morgan fingerprint density at radius 2 is 2.00 bits per heavy atom. The number of anilines is 1. The minimum Gasteiger partial charge on any atom is -0.493 e. The number of fused-ring (bicyclic) bond motifs is 1. The van der Waals surface area contributed by atoms with Gasteiger partial charge in [-0.05, 0) is 36.4 Å². The minimum atomic E-state index is -0.282. The predicted molar refractivity (Wildman–Crippen MR) is 82.3 cm³/mol. The van der Waals surface area contributed by atoms with Gasteiger partial charge >= 0.3 is 0 Å². The lowest BCUT2D eigenvalue weighted by molar-refractivity contribution is 0.154. The SMILES string of the molecule is COc1cc2ccnc(N3CCC[C@H](O)C3)c2cc1OC. The van der Waals surface area contributed by atoms with E-state index in [1.165, 1.54) is 0 Å². The van der Waals surface area contributed by atoms with Crippen LogP contribution in [0.1, 0.15) is 12.8 Å². The van der Waals surface area contributed by atoms with Gasteiger partial charge in [-0.1, -0.05) is 0 Å². The summed E-state index contributed by atoms with van der Waals surface area (Å²) in [6.45, 7) is 1.54. The van der Waals surface area contributed by atoms with E-state index < -0.39 is 0 Å². The third-order valence-electron chi connectivity index (χ3n) is 3.94. The first-order valence-electron chi connectivity index (χ1n) is 7.16. The average Bonchev–Trinajstić information content (AvgIpc) is 2.52. The molecule has 21 heavy (non-hydrogen) atoms. The monoisotopic (exact) mass is 288 g/mol. The maximum Gasteiger partial charge on any atom is 0.161 e. The smallest absolute Gasteiger partial charge is 0.161 e. The highest BCUT2D eigenvalue weighted by Crippen LogP contribution is 2.36. The Morgan fingerprint density at radius 3 is 2.71 bits per heavy atom. The zero-order chi connectivity index (χ0) is 14.8. The Labute approximate surface area is 124 Å². The van der Waals surface area contributed by atoms with Crippen molar-refractivity contribution in [3.05, 3.63) is 24.4 Å². The molecule has 0 saturated carbocycles. The normalized spacial score (nSPS) is 18.8. The molecule has 1 aliphatic heterocycles. The molecule has 1 aromatic carbocycles. The maximum atomic E-state index is 9.88. The highest BCUT2D eigenvalue weighted by Gasteiger charge is 2.21. The van der Waals surface area contributed by atoms with E-state index in [0.29, 0.717) is 18.0 Å². The summed E-state index contributed by atoms with van der Waals surface area (Å²) in [5, 5.41) is 12.0. The minimum absolute atomic E-state index is 0.282. The van der Waals surface area contributed by atoms with Crippen LogP contribution < -0.4 is 14.4 Å². The largest absolute Gasteiger partial charge is 0.493 e. The average molecular weight is 288 g/mol. The molecule has 5 heteroatoms. The highest BCUT2D eigenvalue weighted by atomic mass is 16.5. The second-order valence-corrected chi connectivity index (χ2v) is 5.30. The topological polar surface area (TPSA) is 54.8 Å². The van der Waals surface area contributed by atoms with Gasteiger partial charge in [0, 0.05) is 24.7 Å². The van der Waals surface area contributed by atoms with Gasteiger partial charge < -0.3 is 19.5 Å². The van der Waals surface area contributed by atoms with Crippen molar-refractivity contribution in [1.82, 2.24) is 4.98 Å². The molecule has 0 amide bonds. The first-order valence-corrected chi connectivity index (χ1v) is 7.16. The summed E-state index contributed by atoms with van der Waals surface area (Å²) >= 11 is 0. The molecular weight excluding hydrogens is 268 g/mol. The van der Waals surface area contributed by atoms with Gasteiger partial charge in [0.15, 0.2) is 11.5 Å². The molecule has 1 aliphatic rings. The lowest BCUT2D eigenvalue weighted by Gasteiger charge is -2.31. The fraction of sp³-hybridized carbons (Fsp3) is 0.438. The van der Waals surface area contributed by atoms with Crippen molar-refractivity contribution in [3.8, 4) is 11.5 Å². The number of aromatic nitrogens is 1. The molecule has 0 unspecified atom stereocenters. The summed E-state index contributed by atoms with van der Waals surface area (Å²) in [6.07, 6.45) is 3.35. The number of aliphatic hydroxyl groups is 1. The molecule has 1 aromatic heterocycles. The van der Waals surface area contributed by atoms with E-state index in [1.807, 2.05) is 18.2 Å². The van der Waals surface area contributed by atoms with Crippen LogP contribution >= 0.6 is 0 Å². The molecule has 0 radical (unpaired) electrons. The Bertz CT molecular complexity index is 645. The van der Waals surface area contributed by atoms with E-state index in [1.54, 1.807) is 20.4 Å². The number of β-amino-alcohol motifs (C(OH)–C–C–N with tert-alkyl or cyclic N) is 1. The number of nitrogens with zero attached hydrogens (tertiary/aromatic N) is 2. The van der Waals surface area contributed by atoms with Gasteiger partial charge in [-0.2, -0.15) is 0 Å². The van der Waals surface area contributed by atoms with E-state index in [2.05, 4.69) is 9.88 Å². The summed E-state index contributed by atoms with van der Waals surface area (Å²) in [5.74, 6) is 2.30. The van der Waals surface area contributed by atoms with Crippen LogP contribution in [0.25, 0.3) is 10.8 Å². The van der Waals surface area contributed by atoms with Crippen LogP contribution in [0.3, 0.4) is 0 Å². The number of methoxy groups -OCH3 is 2. The quantitative estimate of drug-likeness (QED) is 0.938. The standard InChI is InChI=1S/C16H20N2O3/c1-20-14-8-11-5-6-17-16(13(11)9-15(14)21-2)18-7-3-4-12(19)10-18/h5-6,8-9,12,19H,3-4,7,10H2,1-2H3/t12-/m0/s1. The molecule has 0 bridgehead atoms. The number of ether oxygens (including phenoxy) is 2. The van der Waals surface area contributed by atoms with Crippen molar-refractivity contribution in [2.75, 3.05) is 32.2 Å². The van der Waals surface area contributed by atoms with Crippen LogP contribution in [-0.2, 0) is 0 Å². The van der Waals surface area contributed by atoms with Crippen molar-refractivity contribution in [2.45, 2.75) is 18.9 Å². The molecule has 1 fully saturated rings. The molecule has 2 aromatic rings. The molecule has 112 valence electrons. The van der Waals surface area contributed by atoms with E-state index in [-0.39, 0.29) is 6.10 Å². The summed E-state index contributed by atoms with van der Waals surface area (Å²) in [6, 6.07) is 5.87. The van der Waals surface area contributed by atoms with Gasteiger partial charge in [0.1, 0.15) is 5.82 Å². The summed E-state index contributed by atoms with van der Waals surface area (Å²) in [5.41, 5.74) is 0. The Hall–Kier alpha value is -2.01. The van der Waals surface area contributed by atoms with Crippen LogP contribution in [0, 0.1) is 0 Å². The van der Waals surface area contributed by atoms with Gasteiger partial charge in [0.2, 0.25) is 0 Å². The fourth-order valence-electron chi connectivity index (χ4n) is 2.88. The predicted octanol–water partition coefficient (Wildman–Crippen LogP) is 2.21. The number of pyridine rings is 1. The molecule has 3 rings (SSSR count). The van der Waals surface area contributed by atoms with Crippen LogP contribution in [0.4, 0.5) is 5.82 Å². The van der Waals surface area contributed by atoms with Crippen LogP contribution in [-0.4, -0.2) is 43.5 Å². The molecule has 1 atom stereocenters. The molecule has 0 spiro atoms. The van der Waals surface area contributed by atoms with Gasteiger partial charge in [-0.25, -0.2) is 4.98 Å². The maximum absolute atomic E-state index is 9.88. The Morgan fingerprint density at radius 1 is 1.24 bits per heavy atom. The van der Waals surface area contributed by atoms with Crippen LogP contribution in [0.15, 0.2) is 24.4 Å². The lowest BCUT2D eigenvalue weighted by Crippen LogP contribution is -2.38. The zero-order valence-corrected chi connectivity index (χ0v) is 12.4. The molecular formula is C16H20N2O3. The van der Waals surface area contributed by atoms with Crippen molar-refractivity contribution in [2.24, 2.45) is 0 Å². The van der Waals surface area contributed by atoms with E-state index in [0.717, 1.165) is 36.0 Å². The van der Waals surface area contributed by atoms with Crippen LogP contribution in [0.2, 0.25) is 0 Å². The molecule has 0 aliphatic carbocycles. The number of aliphatic hydroxyl groups excluding tert-OH is 1. The second-order valence-electron chi connectivity index (χ2n) is 5.30. The van der Waals surface area contributed by atoms with Gasteiger partial charge in [0.05, 0.1) is 20.3 Å². The third-order valence-corrected chi connectivity index (χ3v) is 3.94. The van der Waals surface area contributed by atoms with Gasteiger partial charge in [-0.15, -0.1) is 0 Å². The lowest BCUT2D eigenvalue weighted by atomic mass is 10.1. The van der Waals surface area contributed by atoms with E-state index >= 15 is 0 Å². The van der Waals surface area contributed by atoms with E-state index in [4.69, 9.17) is 9.47 Å². The summed E-state index contributed by atoms with van der Waals surface area (Å²) in [7, 11) is 3.26. The van der Waals surface area contributed by atoms with Crippen molar-refractivity contribution < 1.29 is 14.6 Å². The Kier molecular flexibility index (Phi) is 3.84. The van der Waals surface area contributed by atoms with Crippen molar-refractivity contribution in [3.63, 3.8) is 0 Å². The highest BCUT2D eigenvalue weighted by molar-refractivity contribution is 5.94. The van der Waals surface area contributed by atoms with Gasteiger partial charge in [-0.3, -0.25) is 0 Å². The number of rotatable bonds is 3. The first kappa shape index (κ1) is 13.9. The number of benzene rings is 1. The summed E-state index contributed by atoms with van der Waals surface area (Å²) in [4.78, 5) is 6.66. The first-order chi connectivity index (χ1) is 10.2.